The third kappa shape index (κ3) is 5.61. The highest BCUT2D eigenvalue weighted by Crippen LogP contribution is 2.32. The van der Waals surface area contributed by atoms with Gasteiger partial charge in [-0.2, -0.15) is 0 Å². The quantitative estimate of drug-likeness (QED) is 0.513. The van der Waals surface area contributed by atoms with Crippen molar-refractivity contribution < 1.29 is 23.5 Å². The van der Waals surface area contributed by atoms with Crippen LogP contribution in [0.5, 0.6) is 0 Å². The van der Waals surface area contributed by atoms with E-state index in [9.17, 15) is 14.4 Å². The Kier molecular flexibility index (Phi) is 7.82. The van der Waals surface area contributed by atoms with Crippen LogP contribution in [0, 0.1) is 5.82 Å². The number of imide groups is 1. The maximum absolute atomic E-state index is 15.1. The number of nitrogens with one attached hydrogen (secondary N) is 2. The first-order chi connectivity index (χ1) is 19.5. The number of likely N-dealkylation sites (tertiary alicyclic amines) is 1. The standard InChI is InChI=1S/C30H36FN5O4/c31-24-16-20(18-34-10-8-23(9-11-34)35-12-14-40-15-13-35)4-5-21(24)17-32-25-3-1-2-22-19-36(30(39)28(22)25)26-6-7-27(37)33-29(26)38/h1-5,16,23,26,32H,6-15,17-19H2,(H,33,37,38). The molecule has 4 heterocycles. The Hall–Kier alpha value is -3.34. The Morgan fingerprint density at radius 2 is 1.80 bits per heavy atom. The molecule has 2 aromatic rings. The van der Waals surface area contributed by atoms with E-state index in [1.165, 1.54) is 4.90 Å². The summed E-state index contributed by atoms with van der Waals surface area (Å²) in [6, 6.07) is 10.9. The summed E-state index contributed by atoms with van der Waals surface area (Å²) in [7, 11) is 0. The van der Waals surface area contributed by atoms with Crippen molar-refractivity contribution in [1.82, 2.24) is 20.0 Å². The number of amides is 3. The van der Waals surface area contributed by atoms with E-state index in [1.807, 2.05) is 24.3 Å². The zero-order valence-corrected chi connectivity index (χ0v) is 22.7. The van der Waals surface area contributed by atoms with E-state index in [4.69, 9.17) is 4.74 Å². The van der Waals surface area contributed by atoms with Crippen molar-refractivity contribution in [1.29, 1.82) is 0 Å². The van der Waals surface area contributed by atoms with E-state index in [0.29, 0.717) is 35.8 Å². The second-order valence-corrected chi connectivity index (χ2v) is 11.2. The summed E-state index contributed by atoms with van der Waals surface area (Å²) in [6.07, 6.45) is 2.79. The fraction of sp³-hybridized carbons (Fsp3) is 0.500. The number of ether oxygens (including phenoxy) is 1. The van der Waals surface area contributed by atoms with E-state index in [2.05, 4.69) is 20.4 Å². The molecule has 3 amide bonds. The van der Waals surface area contributed by atoms with Gasteiger partial charge in [-0.1, -0.05) is 24.3 Å². The number of morpholine rings is 1. The first-order valence-electron chi connectivity index (χ1n) is 14.3. The molecule has 4 aliphatic rings. The number of hydrogen-bond donors (Lipinski definition) is 2. The summed E-state index contributed by atoms with van der Waals surface area (Å²) in [5, 5.41) is 5.57. The molecule has 6 rings (SSSR count). The Balaban J connectivity index is 1.05. The fourth-order valence-electron chi connectivity index (χ4n) is 6.43. The van der Waals surface area contributed by atoms with Crippen LogP contribution in [0.1, 0.15) is 52.7 Å². The van der Waals surface area contributed by atoms with Crippen LogP contribution in [0.3, 0.4) is 0 Å². The normalized spacial score (nSPS) is 22.9. The number of rotatable bonds is 7. The van der Waals surface area contributed by atoms with Gasteiger partial charge >= 0.3 is 0 Å². The van der Waals surface area contributed by atoms with Gasteiger partial charge in [0.25, 0.3) is 5.91 Å². The number of hydrogen-bond acceptors (Lipinski definition) is 7. The third-order valence-electron chi connectivity index (χ3n) is 8.66. The predicted octanol–water partition coefficient (Wildman–Crippen LogP) is 2.50. The lowest BCUT2D eigenvalue weighted by Crippen LogP contribution is -2.52. The van der Waals surface area contributed by atoms with Crippen molar-refractivity contribution in [3.63, 3.8) is 0 Å². The molecule has 3 saturated heterocycles. The molecule has 0 aromatic heterocycles. The van der Waals surface area contributed by atoms with Gasteiger partial charge in [-0.25, -0.2) is 4.39 Å². The molecular formula is C30H36FN5O4. The topological polar surface area (TPSA) is 94.2 Å². The Labute approximate surface area is 233 Å². The molecule has 0 spiro atoms. The zero-order valence-electron chi connectivity index (χ0n) is 22.7. The van der Waals surface area contributed by atoms with Crippen molar-refractivity contribution in [2.75, 3.05) is 44.7 Å². The lowest BCUT2D eigenvalue weighted by Gasteiger charge is -2.40. The summed E-state index contributed by atoms with van der Waals surface area (Å²) in [6.45, 7) is 6.98. The molecule has 0 saturated carbocycles. The van der Waals surface area contributed by atoms with Crippen LogP contribution in [-0.4, -0.2) is 83.9 Å². The average molecular weight is 550 g/mol. The molecule has 1 atom stereocenters. The van der Waals surface area contributed by atoms with Gasteiger partial charge in [0.1, 0.15) is 11.9 Å². The molecule has 40 heavy (non-hydrogen) atoms. The SMILES string of the molecule is O=C1CCC(N2Cc3cccc(NCc4ccc(CN5CCC(N6CCOCC6)CC5)cc4F)c3C2=O)C(=O)N1. The number of anilines is 1. The van der Waals surface area contributed by atoms with Crippen LogP contribution >= 0.6 is 0 Å². The van der Waals surface area contributed by atoms with E-state index in [1.54, 1.807) is 12.1 Å². The van der Waals surface area contributed by atoms with Gasteiger partial charge in [0.2, 0.25) is 11.8 Å². The van der Waals surface area contributed by atoms with E-state index >= 15 is 4.39 Å². The first-order valence-corrected chi connectivity index (χ1v) is 14.3. The second kappa shape index (κ2) is 11.6. The predicted molar refractivity (Wildman–Crippen MR) is 147 cm³/mol. The zero-order chi connectivity index (χ0) is 27.6. The van der Waals surface area contributed by atoms with Crippen molar-refractivity contribution in [3.8, 4) is 0 Å². The summed E-state index contributed by atoms with van der Waals surface area (Å²) >= 11 is 0. The van der Waals surface area contributed by atoms with Crippen LogP contribution in [0.4, 0.5) is 10.1 Å². The molecule has 0 radical (unpaired) electrons. The first kappa shape index (κ1) is 26.9. The number of nitrogens with zero attached hydrogens (tertiary/aromatic N) is 3. The largest absolute Gasteiger partial charge is 0.380 e. The maximum atomic E-state index is 15.1. The lowest BCUT2D eigenvalue weighted by atomic mass is 10.0. The molecule has 2 N–H and O–H groups in total. The summed E-state index contributed by atoms with van der Waals surface area (Å²) in [5.74, 6) is -1.26. The van der Waals surface area contributed by atoms with E-state index in [0.717, 1.165) is 69.9 Å². The van der Waals surface area contributed by atoms with Gasteiger partial charge in [-0.05, 0) is 55.6 Å². The molecule has 10 heteroatoms. The molecule has 3 fully saturated rings. The molecular weight excluding hydrogens is 513 g/mol. The highest BCUT2D eigenvalue weighted by atomic mass is 19.1. The highest BCUT2D eigenvalue weighted by molar-refractivity contribution is 6.07. The minimum atomic E-state index is -0.666. The third-order valence-corrected chi connectivity index (χ3v) is 8.66. The van der Waals surface area contributed by atoms with Gasteiger partial charge in [-0.15, -0.1) is 0 Å². The Bertz CT molecular complexity index is 1290. The molecule has 1 unspecified atom stereocenters. The smallest absolute Gasteiger partial charge is 0.257 e. The van der Waals surface area contributed by atoms with E-state index < -0.39 is 11.9 Å². The minimum Gasteiger partial charge on any atom is -0.380 e. The highest BCUT2D eigenvalue weighted by Gasteiger charge is 2.40. The van der Waals surface area contributed by atoms with Gasteiger partial charge in [0.05, 0.1) is 18.8 Å². The molecule has 9 nitrogen and oxygen atoms in total. The molecule has 2 aromatic carbocycles. The van der Waals surface area contributed by atoms with Gasteiger partial charge in [0.15, 0.2) is 0 Å². The van der Waals surface area contributed by atoms with E-state index in [-0.39, 0.29) is 30.6 Å². The molecule has 0 aliphatic carbocycles. The molecule has 212 valence electrons. The van der Waals surface area contributed by atoms with Gasteiger partial charge in [-0.3, -0.25) is 29.5 Å². The van der Waals surface area contributed by atoms with Crippen molar-refractivity contribution in [2.45, 2.75) is 57.4 Å². The minimum absolute atomic E-state index is 0.212. The van der Waals surface area contributed by atoms with Crippen LogP contribution in [0.2, 0.25) is 0 Å². The van der Waals surface area contributed by atoms with Crippen molar-refractivity contribution >= 4 is 23.4 Å². The van der Waals surface area contributed by atoms with Crippen molar-refractivity contribution in [3.05, 3.63) is 64.5 Å². The summed E-state index contributed by atoms with van der Waals surface area (Å²) < 4.78 is 20.6. The Morgan fingerprint density at radius 1 is 1.00 bits per heavy atom. The number of piperidine rings is 2. The van der Waals surface area contributed by atoms with Crippen LogP contribution < -0.4 is 10.6 Å². The second-order valence-electron chi connectivity index (χ2n) is 11.2. The van der Waals surface area contributed by atoms with Crippen LogP contribution in [-0.2, 0) is 34.0 Å². The number of benzene rings is 2. The summed E-state index contributed by atoms with van der Waals surface area (Å²) in [4.78, 5) is 43.7. The van der Waals surface area contributed by atoms with Crippen molar-refractivity contribution in [2.24, 2.45) is 0 Å². The van der Waals surface area contributed by atoms with Crippen LogP contribution in [0.25, 0.3) is 0 Å². The van der Waals surface area contributed by atoms with Crippen LogP contribution in [0.15, 0.2) is 36.4 Å². The molecule has 4 aliphatic heterocycles. The number of halogens is 1. The number of carbonyl (C=O) groups excluding carboxylic acids is 3. The van der Waals surface area contributed by atoms with Gasteiger partial charge in [0, 0.05) is 56.4 Å². The summed E-state index contributed by atoms with van der Waals surface area (Å²) in [5.41, 5.74) is 3.42. The monoisotopic (exact) mass is 549 g/mol. The number of fused-ring (bicyclic) bond motifs is 1. The lowest BCUT2D eigenvalue weighted by molar-refractivity contribution is -0.136. The number of carbonyl (C=O) groups is 3. The fourth-order valence-corrected chi connectivity index (χ4v) is 6.43. The average Bonchev–Trinajstić information content (AvgIpc) is 3.30. The Morgan fingerprint density at radius 3 is 2.55 bits per heavy atom. The van der Waals surface area contributed by atoms with Gasteiger partial charge < -0.3 is 15.0 Å². The molecule has 0 bridgehead atoms. The maximum Gasteiger partial charge on any atom is 0.257 e.